The number of likely N-dealkylation sites (tertiary alicyclic amines) is 1. The normalized spacial score (nSPS) is 18.4. The number of amides is 2. The molecular formula is C15H21ClN2O3. The lowest BCUT2D eigenvalue weighted by molar-refractivity contribution is 0.126. The molecule has 0 bridgehead atoms. The number of ether oxygens (including phenoxy) is 1. The van der Waals surface area contributed by atoms with Gasteiger partial charge in [0, 0.05) is 24.2 Å². The second-order valence-corrected chi connectivity index (χ2v) is 5.52. The van der Waals surface area contributed by atoms with Gasteiger partial charge in [0.15, 0.2) is 6.73 Å². The summed E-state index contributed by atoms with van der Waals surface area (Å²) in [6, 6.07) is 6.97. The van der Waals surface area contributed by atoms with Gasteiger partial charge in [-0.3, -0.25) is 0 Å². The van der Waals surface area contributed by atoms with E-state index < -0.39 is 0 Å². The molecule has 2 rings (SSSR count). The topological polar surface area (TPSA) is 61.8 Å². The van der Waals surface area contributed by atoms with Crippen molar-refractivity contribution in [1.29, 1.82) is 0 Å². The van der Waals surface area contributed by atoms with Crippen molar-refractivity contribution in [2.45, 2.75) is 31.7 Å². The van der Waals surface area contributed by atoms with Gasteiger partial charge in [0.1, 0.15) is 5.75 Å². The Labute approximate surface area is 129 Å². The number of nitrogens with one attached hydrogen (secondary N) is 1. The van der Waals surface area contributed by atoms with Gasteiger partial charge >= 0.3 is 6.03 Å². The average Bonchev–Trinajstić information content (AvgIpc) is 2.50. The zero-order valence-electron chi connectivity index (χ0n) is 11.9. The van der Waals surface area contributed by atoms with Crippen molar-refractivity contribution in [3.63, 3.8) is 0 Å². The number of aliphatic hydroxyl groups excluding tert-OH is 1. The Morgan fingerprint density at radius 1 is 1.38 bits per heavy atom. The summed E-state index contributed by atoms with van der Waals surface area (Å²) < 4.78 is 5.45. The van der Waals surface area contributed by atoms with Gasteiger partial charge in [-0.05, 0) is 49.9 Å². The molecule has 0 aliphatic carbocycles. The first-order valence-electron chi connectivity index (χ1n) is 7.24. The lowest BCUT2D eigenvalue weighted by atomic mass is 10.0. The van der Waals surface area contributed by atoms with Gasteiger partial charge < -0.3 is 20.1 Å². The van der Waals surface area contributed by atoms with Crippen LogP contribution < -0.4 is 10.1 Å². The van der Waals surface area contributed by atoms with Gasteiger partial charge in [-0.15, -0.1) is 0 Å². The molecule has 1 saturated heterocycles. The van der Waals surface area contributed by atoms with E-state index in [1.54, 1.807) is 29.2 Å². The molecule has 21 heavy (non-hydrogen) atoms. The van der Waals surface area contributed by atoms with Crippen molar-refractivity contribution in [2.75, 3.05) is 19.9 Å². The summed E-state index contributed by atoms with van der Waals surface area (Å²) in [7, 11) is 0. The van der Waals surface area contributed by atoms with E-state index in [2.05, 4.69) is 5.32 Å². The van der Waals surface area contributed by atoms with Crippen LogP contribution in [0.1, 0.15) is 25.7 Å². The standard InChI is InChI=1S/C15H21ClN2O3/c16-12-4-6-14(7-5-12)21-11-17-15(20)18-9-2-1-3-13(18)8-10-19/h4-7,13,19H,1-3,8-11H2,(H,17,20). The lowest BCUT2D eigenvalue weighted by Crippen LogP contribution is -2.49. The molecule has 0 saturated carbocycles. The van der Waals surface area contributed by atoms with Crippen LogP contribution in [0.15, 0.2) is 24.3 Å². The molecule has 116 valence electrons. The number of piperidine rings is 1. The largest absolute Gasteiger partial charge is 0.473 e. The average molecular weight is 313 g/mol. The van der Waals surface area contributed by atoms with E-state index >= 15 is 0 Å². The van der Waals surface area contributed by atoms with Crippen LogP contribution in [-0.2, 0) is 0 Å². The van der Waals surface area contributed by atoms with Crippen LogP contribution in [0.25, 0.3) is 0 Å². The fraction of sp³-hybridized carbons (Fsp3) is 0.533. The van der Waals surface area contributed by atoms with Crippen LogP contribution in [-0.4, -0.2) is 42.0 Å². The molecule has 2 N–H and O–H groups in total. The molecule has 0 spiro atoms. The molecule has 2 amide bonds. The maximum absolute atomic E-state index is 12.2. The number of urea groups is 1. The molecule has 1 unspecified atom stereocenters. The minimum Gasteiger partial charge on any atom is -0.473 e. The molecule has 5 nitrogen and oxygen atoms in total. The fourth-order valence-electron chi connectivity index (χ4n) is 2.53. The van der Waals surface area contributed by atoms with Crippen LogP contribution >= 0.6 is 11.6 Å². The molecule has 6 heteroatoms. The van der Waals surface area contributed by atoms with E-state index in [4.69, 9.17) is 21.4 Å². The summed E-state index contributed by atoms with van der Waals surface area (Å²) in [5.41, 5.74) is 0. The number of aliphatic hydroxyl groups is 1. The van der Waals surface area contributed by atoms with E-state index in [-0.39, 0.29) is 25.4 Å². The summed E-state index contributed by atoms with van der Waals surface area (Å²) in [5.74, 6) is 0.658. The summed E-state index contributed by atoms with van der Waals surface area (Å²) in [6.45, 7) is 0.954. The van der Waals surface area contributed by atoms with Crippen molar-refractivity contribution in [1.82, 2.24) is 10.2 Å². The molecule has 1 fully saturated rings. The monoisotopic (exact) mass is 312 g/mol. The second-order valence-electron chi connectivity index (χ2n) is 5.08. The Hall–Kier alpha value is -1.46. The van der Waals surface area contributed by atoms with Gasteiger partial charge in [0.25, 0.3) is 0 Å². The summed E-state index contributed by atoms with van der Waals surface area (Å²) >= 11 is 5.79. The smallest absolute Gasteiger partial charge is 0.320 e. The van der Waals surface area contributed by atoms with Crippen molar-refractivity contribution < 1.29 is 14.6 Å². The highest BCUT2D eigenvalue weighted by Crippen LogP contribution is 2.19. The number of carbonyl (C=O) groups excluding carboxylic acids is 1. The molecule has 0 radical (unpaired) electrons. The van der Waals surface area contributed by atoms with Crippen LogP contribution in [0, 0.1) is 0 Å². The number of halogens is 1. The van der Waals surface area contributed by atoms with E-state index in [0.29, 0.717) is 17.2 Å². The molecule has 1 aliphatic heterocycles. The van der Waals surface area contributed by atoms with Crippen LogP contribution in [0.3, 0.4) is 0 Å². The van der Waals surface area contributed by atoms with E-state index in [1.165, 1.54) is 0 Å². The van der Waals surface area contributed by atoms with Crippen molar-refractivity contribution in [3.05, 3.63) is 29.3 Å². The number of benzene rings is 1. The van der Waals surface area contributed by atoms with Crippen LogP contribution in [0.4, 0.5) is 4.79 Å². The Morgan fingerprint density at radius 3 is 2.86 bits per heavy atom. The first-order valence-corrected chi connectivity index (χ1v) is 7.62. The quantitative estimate of drug-likeness (QED) is 0.822. The third kappa shape index (κ3) is 4.79. The van der Waals surface area contributed by atoms with E-state index in [9.17, 15) is 4.79 Å². The number of hydrogen-bond acceptors (Lipinski definition) is 3. The van der Waals surface area contributed by atoms with Gasteiger partial charge in [-0.2, -0.15) is 0 Å². The third-order valence-corrected chi connectivity index (χ3v) is 3.88. The maximum Gasteiger partial charge on any atom is 0.320 e. The predicted octanol–water partition coefficient (Wildman–Crippen LogP) is 2.62. The molecule has 1 aromatic carbocycles. The molecule has 1 aliphatic rings. The minimum atomic E-state index is -0.137. The highest BCUT2D eigenvalue weighted by Gasteiger charge is 2.25. The van der Waals surface area contributed by atoms with Crippen molar-refractivity contribution >= 4 is 17.6 Å². The molecule has 1 heterocycles. The SMILES string of the molecule is O=C(NCOc1ccc(Cl)cc1)N1CCCCC1CCO. The summed E-state index contributed by atoms with van der Waals surface area (Å²) in [5, 5.41) is 12.5. The first kappa shape index (κ1) is 15.9. The number of rotatable bonds is 5. The Bertz CT molecular complexity index is 451. The zero-order chi connectivity index (χ0) is 15.1. The summed E-state index contributed by atoms with van der Waals surface area (Å²) in [4.78, 5) is 14.0. The molecule has 0 aromatic heterocycles. The fourth-order valence-corrected chi connectivity index (χ4v) is 2.66. The molecular weight excluding hydrogens is 292 g/mol. The zero-order valence-corrected chi connectivity index (χ0v) is 12.7. The van der Waals surface area contributed by atoms with Crippen molar-refractivity contribution in [2.24, 2.45) is 0 Å². The number of carbonyl (C=O) groups is 1. The minimum absolute atomic E-state index is 0.107. The van der Waals surface area contributed by atoms with Crippen molar-refractivity contribution in [3.8, 4) is 5.75 Å². The lowest BCUT2D eigenvalue weighted by Gasteiger charge is -2.35. The van der Waals surface area contributed by atoms with Gasteiger partial charge in [-0.1, -0.05) is 11.6 Å². The highest BCUT2D eigenvalue weighted by atomic mass is 35.5. The highest BCUT2D eigenvalue weighted by molar-refractivity contribution is 6.30. The summed E-state index contributed by atoms with van der Waals surface area (Å²) in [6.07, 6.45) is 3.70. The predicted molar refractivity (Wildman–Crippen MR) is 81.5 cm³/mol. The first-order chi connectivity index (χ1) is 10.2. The Balaban J connectivity index is 1.78. The van der Waals surface area contributed by atoms with Gasteiger partial charge in [0.05, 0.1) is 0 Å². The molecule has 1 aromatic rings. The maximum atomic E-state index is 12.2. The molecule has 1 atom stereocenters. The van der Waals surface area contributed by atoms with Gasteiger partial charge in [-0.25, -0.2) is 4.79 Å². The van der Waals surface area contributed by atoms with E-state index in [0.717, 1.165) is 25.8 Å². The van der Waals surface area contributed by atoms with E-state index in [1.807, 2.05) is 0 Å². The Morgan fingerprint density at radius 2 is 2.14 bits per heavy atom. The van der Waals surface area contributed by atoms with Gasteiger partial charge in [0.2, 0.25) is 0 Å². The number of hydrogen-bond donors (Lipinski definition) is 2. The van der Waals surface area contributed by atoms with Crippen LogP contribution in [0.5, 0.6) is 5.75 Å². The second kappa shape index (κ2) is 8.10. The number of nitrogens with zero attached hydrogens (tertiary/aromatic N) is 1. The third-order valence-electron chi connectivity index (χ3n) is 3.63. The Kier molecular flexibility index (Phi) is 6.14. The van der Waals surface area contributed by atoms with Crippen LogP contribution in [0.2, 0.25) is 5.02 Å².